The zero-order valence-electron chi connectivity index (χ0n) is 14.1. The third-order valence-corrected chi connectivity index (χ3v) is 3.20. The SMILES string of the molecule is CCOC(=O)C1CCN(C(=O)OC(C)(C)C)CC1OCOC. The van der Waals surface area contributed by atoms with Crippen molar-refractivity contribution in [3.63, 3.8) is 0 Å². The summed E-state index contributed by atoms with van der Waals surface area (Å²) < 4.78 is 20.9. The van der Waals surface area contributed by atoms with Gasteiger partial charge in [0.2, 0.25) is 0 Å². The molecule has 1 heterocycles. The Morgan fingerprint density at radius 3 is 2.50 bits per heavy atom. The number of carbonyl (C=O) groups is 2. The Labute approximate surface area is 131 Å². The van der Waals surface area contributed by atoms with Crippen LogP contribution in [-0.2, 0) is 23.7 Å². The number of hydrogen-bond acceptors (Lipinski definition) is 6. The summed E-state index contributed by atoms with van der Waals surface area (Å²) in [4.78, 5) is 25.7. The molecule has 0 bridgehead atoms. The van der Waals surface area contributed by atoms with Crippen LogP contribution < -0.4 is 0 Å². The molecule has 2 atom stereocenters. The molecular weight excluding hydrogens is 290 g/mol. The van der Waals surface area contributed by atoms with E-state index in [0.717, 1.165) is 0 Å². The zero-order valence-corrected chi connectivity index (χ0v) is 14.1. The number of amides is 1. The van der Waals surface area contributed by atoms with Gasteiger partial charge in [0.1, 0.15) is 12.4 Å². The summed E-state index contributed by atoms with van der Waals surface area (Å²) >= 11 is 0. The van der Waals surface area contributed by atoms with Crippen molar-refractivity contribution in [3.05, 3.63) is 0 Å². The molecule has 0 aromatic rings. The first-order valence-corrected chi connectivity index (χ1v) is 7.53. The first-order valence-electron chi connectivity index (χ1n) is 7.53. The second-order valence-corrected chi connectivity index (χ2v) is 6.19. The molecule has 1 saturated heterocycles. The highest BCUT2D eigenvalue weighted by Crippen LogP contribution is 2.23. The second kappa shape index (κ2) is 8.33. The maximum atomic E-state index is 12.1. The van der Waals surface area contributed by atoms with E-state index in [1.165, 1.54) is 7.11 Å². The van der Waals surface area contributed by atoms with Gasteiger partial charge in [-0.15, -0.1) is 0 Å². The van der Waals surface area contributed by atoms with Crippen molar-refractivity contribution >= 4 is 12.1 Å². The van der Waals surface area contributed by atoms with Crippen molar-refractivity contribution in [1.82, 2.24) is 4.90 Å². The fourth-order valence-electron chi connectivity index (χ4n) is 2.25. The van der Waals surface area contributed by atoms with Crippen molar-refractivity contribution in [3.8, 4) is 0 Å². The van der Waals surface area contributed by atoms with E-state index in [4.69, 9.17) is 18.9 Å². The molecular formula is C15H27NO6. The lowest BCUT2D eigenvalue weighted by Gasteiger charge is -2.37. The first-order chi connectivity index (χ1) is 10.3. The lowest BCUT2D eigenvalue weighted by atomic mass is 9.94. The fraction of sp³-hybridized carbons (Fsp3) is 0.867. The van der Waals surface area contributed by atoms with E-state index >= 15 is 0 Å². The van der Waals surface area contributed by atoms with Gasteiger partial charge in [0.15, 0.2) is 0 Å². The van der Waals surface area contributed by atoms with Gasteiger partial charge in [0.05, 0.1) is 25.2 Å². The third kappa shape index (κ3) is 5.81. The van der Waals surface area contributed by atoms with E-state index < -0.39 is 23.7 Å². The molecule has 22 heavy (non-hydrogen) atoms. The standard InChI is InChI=1S/C15H27NO6/c1-6-20-13(17)11-7-8-16(9-12(11)21-10-19-5)14(18)22-15(2,3)4/h11-12H,6-10H2,1-5H3. The number of ether oxygens (including phenoxy) is 4. The predicted octanol–water partition coefficient (Wildman–Crippen LogP) is 1.80. The van der Waals surface area contributed by atoms with Gasteiger partial charge in [-0.2, -0.15) is 0 Å². The van der Waals surface area contributed by atoms with E-state index in [1.807, 2.05) is 20.8 Å². The molecule has 0 aromatic heterocycles. The fourth-order valence-corrected chi connectivity index (χ4v) is 2.25. The van der Waals surface area contributed by atoms with Crippen LogP contribution in [0.25, 0.3) is 0 Å². The smallest absolute Gasteiger partial charge is 0.410 e. The van der Waals surface area contributed by atoms with Crippen LogP contribution in [0, 0.1) is 5.92 Å². The minimum Gasteiger partial charge on any atom is -0.466 e. The summed E-state index contributed by atoms with van der Waals surface area (Å²) in [7, 11) is 1.51. The summed E-state index contributed by atoms with van der Waals surface area (Å²) in [5.41, 5.74) is -0.558. The summed E-state index contributed by atoms with van der Waals surface area (Å²) in [6.07, 6.45) is -0.381. The molecule has 0 radical (unpaired) electrons. The number of hydrogen-bond donors (Lipinski definition) is 0. The van der Waals surface area contributed by atoms with Gasteiger partial charge in [-0.25, -0.2) is 4.79 Å². The Morgan fingerprint density at radius 1 is 1.27 bits per heavy atom. The molecule has 1 rings (SSSR count). The monoisotopic (exact) mass is 317 g/mol. The van der Waals surface area contributed by atoms with Crippen LogP contribution >= 0.6 is 0 Å². The van der Waals surface area contributed by atoms with Crippen LogP contribution in [0.15, 0.2) is 0 Å². The minimum absolute atomic E-state index is 0.0583. The van der Waals surface area contributed by atoms with Gasteiger partial charge >= 0.3 is 12.1 Å². The number of nitrogens with zero attached hydrogens (tertiary/aromatic N) is 1. The quantitative estimate of drug-likeness (QED) is 0.568. The van der Waals surface area contributed by atoms with Gasteiger partial charge < -0.3 is 23.8 Å². The van der Waals surface area contributed by atoms with Gasteiger partial charge in [0, 0.05) is 13.7 Å². The second-order valence-electron chi connectivity index (χ2n) is 6.19. The molecule has 0 spiro atoms. The number of rotatable bonds is 5. The molecule has 0 saturated carbocycles. The summed E-state index contributed by atoms with van der Waals surface area (Å²) in [6, 6.07) is 0. The molecule has 2 unspecified atom stereocenters. The molecule has 0 N–H and O–H groups in total. The molecule has 7 nitrogen and oxygen atoms in total. The number of carbonyl (C=O) groups excluding carboxylic acids is 2. The Morgan fingerprint density at radius 2 is 1.95 bits per heavy atom. The van der Waals surface area contributed by atoms with Crippen LogP contribution in [0.2, 0.25) is 0 Å². The zero-order chi connectivity index (χ0) is 16.8. The van der Waals surface area contributed by atoms with Crippen LogP contribution in [0.5, 0.6) is 0 Å². The van der Waals surface area contributed by atoms with Crippen LogP contribution in [0.4, 0.5) is 4.79 Å². The lowest BCUT2D eigenvalue weighted by molar-refractivity contribution is -0.164. The molecule has 1 fully saturated rings. The average molecular weight is 317 g/mol. The van der Waals surface area contributed by atoms with E-state index in [1.54, 1.807) is 11.8 Å². The lowest BCUT2D eigenvalue weighted by Crippen LogP contribution is -2.51. The van der Waals surface area contributed by atoms with Crippen molar-refractivity contribution in [1.29, 1.82) is 0 Å². The van der Waals surface area contributed by atoms with Crippen LogP contribution in [0.1, 0.15) is 34.1 Å². The van der Waals surface area contributed by atoms with E-state index in [-0.39, 0.29) is 19.3 Å². The van der Waals surface area contributed by atoms with Gasteiger partial charge in [-0.05, 0) is 34.1 Å². The Hall–Kier alpha value is -1.34. The maximum absolute atomic E-state index is 12.1. The highest BCUT2D eigenvalue weighted by atomic mass is 16.7. The largest absolute Gasteiger partial charge is 0.466 e. The Bertz CT molecular complexity index is 379. The first kappa shape index (κ1) is 18.7. The van der Waals surface area contributed by atoms with Crippen LogP contribution in [-0.4, -0.2) is 62.3 Å². The molecule has 128 valence electrons. The van der Waals surface area contributed by atoms with Gasteiger partial charge in [-0.3, -0.25) is 4.79 Å². The summed E-state index contributed by atoms with van der Waals surface area (Å²) in [6.45, 7) is 8.30. The normalized spacial score (nSPS) is 22.3. The number of likely N-dealkylation sites (tertiary alicyclic amines) is 1. The van der Waals surface area contributed by atoms with Crippen molar-refractivity contribution in [2.24, 2.45) is 5.92 Å². The molecule has 0 aromatic carbocycles. The maximum Gasteiger partial charge on any atom is 0.410 e. The molecule has 1 amide bonds. The van der Waals surface area contributed by atoms with Crippen LogP contribution in [0.3, 0.4) is 0 Å². The highest BCUT2D eigenvalue weighted by molar-refractivity contribution is 5.74. The Kier molecular flexibility index (Phi) is 7.09. The van der Waals surface area contributed by atoms with Crippen molar-refractivity contribution in [2.75, 3.05) is 33.6 Å². The number of piperidine rings is 1. The summed E-state index contributed by atoms with van der Waals surface area (Å²) in [5, 5.41) is 0. The third-order valence-electron chi connectivity index (χ3n) is 3.20. The Balaban J connectivity index is 2.70. The van der Waals surface area contributed by atoms with Gasteiger partial charge in [0.25, 0.3) is 0 Å². The van der Waals surface area contributed by atoms with Gasteiger partial charge in [-0.1, -0.05) is 0 Å². The topological polar surface area (TPSA) is 74.3 Å². The predicted molar refractivity (Wildman–Crippen MR) is 79.3 cm³/mol. The van der Waals surface area contributed by atoms with E-state index in [9.17, 15) is 9.59 Å². The molecule has 1 aliphatic rings. The van der Waals surface area contributed by atoms with E-state index in [0.29, 0.717) is 19.6 Å². The molecule has 7 heteroatoms. The van der Waals surface area contributed by atoms with Crippen molar-refractivity contribution in [2.45, 2.75) is 45.8 Å². The minimum atomic E-state index is -0.558. The summed E-state index contributed by atoms with van der Waals surface area (Å²) in [5.74, 6) is -0.693. The highest BCUT2D eigenvalue weighted by Gasteiger charge is 2.38. The van der Waals surface area contributed by atoms with Crippen molar-refractivity contribution < 1.29 is 28.5 Å². The average Bonchev–Trinajstić information content (AvgIpc) is 2.43. The number of methoxy groups -OCH3 is 1. The molecule has 1 aliphatic heterocycles. The van der Waals surface area contributed by atoms with E-state index in [2.05, 4.69) is 0 Å². The molecule has 0 aliphatic carbocycles. The number of esters is 1.